The molecule has 0 radical (unpaired) electrons. The molecule has 0 bridgehead atoms. The Labute approximate surface area is 99.4 Å². The third-order valence-corrected chi connectivity index (χ3v) is 3.52. The van der Waals surface area contributed by atoms with Crippen LogP contribution in [0.4, 0.5) is 0 Å². The lowest BCUT2D eigenvalue weighted by molar-refractivity contribution is 0.316. The van der Waals surface area contributed by atoms with Gasteiger partial charge in [0.15, 0.2) is 0 Å². The fourth-order valence-corrected chi connectivity index (χ4v) is 2.44. The van der Waals surface area contributed by atoms with Crippen molar-refractivity contribution in [3.05, 3.63) is 24.5 Å². The third-order valence-electron chi connectivity index (χ3n) is 1.94. The highest BCUT2D eigenvalue weighted by Crippen LogP contribution is 2.07. The Hall–Kier alpha value is -1.67. The van der Waals surface area contributed by atoms with Gasteiger partial charge in [0.05, 0.1) is 0 Å². The zero-order valence-corrected chi connectivity index (χ0v) is 10.1. The van der Waals surface area contributed by atoms with Gasteiger partial charge in [-0.25, -0.2) is 13.1 Å². The number of pyridine rings is 1. The quantitative estimate of drug-likeness (QED) is 0.294. The van der Waals surface area contributed by atoms with Crippen molar-refractivity contribution in [2.45, 2.75) is 24.3 Å². The number of oxime groups is 1. The molecule has 0 aliphatic carbocycles. The molecule has 1 heterocycles. The number of sulfonamides is 1. The highest BCUT2D eigenvalue weighted by molar-refractivity contribution is 7.89. The molecule has 0 aliphatic rings. The van der Waals surface area contributed by atoms with Gasteiger partial charge in [0.25, 0.3) is 0 Å². The second kappa shape index (κ2) is 5.60. The van der Waals surface area contributed by atoms with Gasteiger partial charge in [-0.3, -0.25) is 4.98 Å². The number of rotatable bonds is 5. The van der Waals surface area contributed by atoms with E-state index >= 15 is 0 Å². The van der Waals surface area contributed by atoms with E-state index in [1.54, 1.807) is 6.92 Å². The molecule has 0 amide bonds. The molecule has 94 valence electrons. The number of nitrogens with two attached hydrogens (primary N) is 1. The lowest BCUT2D eigenvalue weighted by atomic mass is 10.2. The Kier molecular flexibility index (Phi) is 4.41. The van der Waals surface area contributed by atoms with Crippen molar-refractivity contribution in [3.8, 4) is 0 Å². The van der Waals surface area contributed by atoms with Crippen LogP contribution in [0, 0.1) is 0 Å². The van der Waals surface area contributed by atoms with Crippen molar-refractivity contribution < 1.29 is 13.6 Å². The fraction of sp³-hybridized carbons (Fsp3) is 0.333. The summed E-state index contributed by atoms with van der Waals surface area (Å²) in [6.07, 6.45) is 2.85. The monoisotopic (exact) mass is 258 g/mol. The largest absolute Gasteiger partial charge is 0.409 e. The lowest BCUT2D eigenvalue weighted by Crippen LogP contribution is -2.35. The summed E-state index contributed by atoms with van der Waals surface area (Å²) in [6.45, 7) is 1.62. The number of aromatic nitrogens is 1. The maximum Gasteiger partial charge on any atom is 0.242 e. The van der Waals surface area contributed by atoms with E-state index < -0.39 is 16.1 Å². The van der Waals surface area contributed by atoms with Crippen LogP contribution < -0.4 is 10.5 Å². The Bertz CT molecular complexity index is 486. The second-order valence-corrected chi connectivity index (χ2v) is 5.22. The molecule has 8 heteroatoms. The van der Waals surface area contributed by atoms with Gasteiger partial charge in [-0.15, -0.1) is 0 Å². The minimum absolute atomic E-state index is 0.0358. The molecule has 1 rings (SSSR count). The van der Waals surface area contributed by atoms with Crippen LogP contribution in [0.5, 0.6) is 0 Å². The molecule has 1 aromatic heterocycles. The minimum Gasteiger partial charge on any atom is -0.409 e. The van der Waals surface area contributed by atoms with Crippen LogP contribution in [0.3, 0.4) is 0 Å². The molecule has 0 aliphatic heterocycles. The van der Waals surface area contributed by atoms with E-state index in [-0.39, 0.29) is 17.2 Å². The highest BCUT2D eigenvalue weighted by Gasteiger charge is 2.17. The SMILES string of the molecule is CC(CC(N)=NO)NS(=O)(=O)c1cccnc1. The molecule has 0 aromatic carbocycles. The standard InChI is InChI=1S/C9H14N4O3S/c1-7(5-9(10)12-14)13-17(15,16)8-3-2-4-11-6-8/h2-4,6-7,13-14H,5H2,1H3,(H2,10,12). The summed E-state index contributed by atoms with van der Waals surface area (Å²) >= 11 is 0. The zero-order chi connectivity index (χ0) is 12.9. The number of nitrogens with one attached hydrogen (secondary N) is 1. The predicted molar refractivity (Wildman–Crippen MR) is 62.0 cm³/mol. The molecular formula is C9H14N4O3S. The minimum atomic E-state index is -3.62. The van der Waals surface area contributed by atoms with Gasteiger partial charge in [0, 0.05) is 24.9 Å². The Balaban J connectivity index is 2.75. The Morgan fingerprint density at radius 3 is 2.94 bits per heavy atom. The molecule has 0 saturated heterocycles. The molecule has 1 unspecified atom stereocenters. The average Bonchev–Trinajstić information content (AvgIpc) is 2.29. The Morgan fingerprint density at radius 2 is 2.41 bits per heavy atom. The summed E-state index contributed by atoms with van der Waals surface area (Å²) in [4.78, 5) is 3.80. The number of nitrogens with zero attached hydrogens (tertiary/aromatic N) is 2. The van der Waals surface area contributed by atoms with E-state index in [0.717, 1.165) is 0 Å². The van der Waals surface area contributed by atoms with Gasteiger partial charge in [0.2, 0.25) is 10.0 Å². The van der Waals surface area contributed by atoms with Crippen molar-refractivity contribution in [2.75, 3.05) is 0 Å². The normalized spacial score (nSPS) is 14.5. The van der Waals surface area contributed by atoms with Gasteiger partial charge < -0.3 is 10.9 Å². The van der Waals surface area contributed by atoms with Crippen LogP contribution in [0.2, 0.25) is 0 Å². The van der Waals surface area contributed by atoms with E-state index in [0.29, 0.717) is 0 Å². The third kappa shape index (κ3) is 4.00. The summed E-state index contributed by atoms with van der Waals surface area (Å²) in [5.74, 6) is -0.0358. The van der Waals surface area contributed by atoms with Crippen molar-refractivity contribution >= 4 is 15.9 Å². The van der Waals surface area contributed by atoms with Crippen LogP contribution in [-0.2, 0) is 10.0 Å². The smallest absolute Gasteiger partial charge is 0.242 e. The van der Waals surface area contributed by atoms with Crippen molar-refractivity contribution in [1.29, 1.82) is 0 Å². The number of amidine groups is 1. The van der Waals surface area contributed by atoms with Gasteiger partial charge >= 0.3 is 0 Å². The van der Waals surface area contributed by atoms with Crippen LogP contribution in [0.1, 0.15) is 13.3 Å². The van der Waals surface area contributed by atoms with Gasteiger partial charge in [-0.05, 0) is 19.1 Å². The van der Waals surface area contributed by atoms with Crippen LogP contribution in [0.15, 0.2) is 34.6 Å². The van der Waals surface area contributed by atoms with Crippen LogP contribution >= 0.6 is 0 Å². The fourth-order valence-electron chi connectivity index (χ4n) is 1.24. The molecule has 0 saturated carbocycles. The molecule has 0 spiro atoms. The molecule has 17 heavy (non-hydrogen) atoms. The van der Waals surface area contributed by atoms with E-state index in [1.165, 1.54) is 24.5 Å². The van der Waals surface area contributed by atoms with E-state index in [9.17, 15) is 8.42 Å². The summed E-state index contributed by atoms with van der Waals surface area (Å²) in [5, 5.41) is 11.2. The summed E-state index contributed by atoms with van der Waals surface area (Å²) in [7, 11) is -3.62. The second-order valence-electron chi connectivity index (χ2n) is 3.51. The van der Waals surface area contributed by atoms with Gasteiger partial charge in [0.1, 0.15) is 10.7 Å². The van der Waals surface area contributed by atoms with Crippen LogP contribution in [-0.4, -0.2) is 30.5 Å². The number of hydrogen-bond acceptors (Lipinski definition) is 5. The van der Waals surface area contributed by atoms with E-state index in [1.807, 2.05) is 0 Å². The van der Waals surface area contributed by atoms with E-state index in [4.69, 9.17) is 10.9 Å². The Morgan fingerprint density at radius 1 is 1.71 bits per heavy atom. The molecule has 1 aromatic rings. The maximum absolute atomic E-state index is 11.8. The first-order valence-corrected chi connectivity index (χ1v) is 6.33. The zero-order valence-electron chi connectivity index (χ0n) is 9.24. The van der Waals surface area contributed by atoms with Crippen molar-refractivity contribution in [3.63, 3.8) is 0 Å². The van der Waals surface area contributed by atoms with Gasteiger partial charge in [-0.1, -0.05) is 5.16 Å². The number of hydrogen-bond donors (Lipinski definition) is 3. The summed E-state index contributed by atoms with van der Waals surface area (Å²) < 4.78 is 26.0. The first kappa shape index (κ1) is 13.4. The topological polar surface area (TPSA) is 118 Å². The van der Waals surface area contributed by atoms with Gasteiger partial charge in [-0.2, -0.15) is 0 Å². The summed E-state index contributed by atoms with van der Waals surface area (Å²) in [5.41, 5.74) is 5.28. The molecule has 4 N–H and O–H groups in total. The molecule has 7 nitrogen and oxygen atoms in total. The molecule has 0 fully saturated rings. The molecular weight excluding hydrogens is 244 g/mol. The average molecular weight is 258 g/mol. The first-order chi connectivity index (χ1) is 7.95. The summed E-state index contributed by atoms with van der Waals surface area (Å²) in [6, 6.07) is 2.49. The van der Waals surface area contributed by atoms with Crippen molar-refractivity contribution in [2.24, 2.45) is 10.9 Å². The maximum atomic E-state index is 11.8. The first-order valence-electron chi connectivity index (χ1n) is 4.84. The predicted octanol–water partition coefficient (Wildman–Crippen LogP) is -0.115. The molecule has 1 atom stereocenters. The van der Waals surface area contributed by atoms with Crippen LogP contribution in [0.25, 0.3) is 0 Å². The highest BCUT2D eigenvalue weighted by atomic mass is 32.2. The lowest BCUT2D eigenvalue weighted by Gasteiger charge is -2.12. The van der Waals surface area contributed by atoms with Crippen molar-refractivity contribution in [1.82, 2.24) is 9.71 Å². The van der Waals surface area contributed by atoms with E-state index in [2.05, 4.69) is 14.9 Å².